The molecule has 0 bridgehead atoms. The smallest absolute Gasteiger partial charge is 0.156 e. The molecule has 1 spiro atoms. The van der Waals surface area contributed by atoms with Gasteiger partial charge in [-0.2, -0.15) is 0 Å². The van der Waals surface area contributed by atoms with Crippen LogP contribution in [0.3, 0.4) is 0 Å². The van der Waals surface area contributed by atoms with E-state index < -0.39 is 0 Å². The van der Waals surface area contributed by atoms with Crippen LogP contribution in [0.15, 0.2) is 4.99 Å². The molecule has 0 aromatic rings. The van der Waals surface area contributed by atoms with Crippen LogP contribution in [0.1, 0.15) is 39.0 Å². The molecule has 2 rings (SSSR count). The van der Waals surface area contributed by atoms with Gasteiger partial charge in [0.2, 0.25) is 0 Å². The molecular weight excluding hydrogens is 232 g/mol. The molecule has 0 unspecified atom stereocenters. The molecule has 1 aliphatic carbocycles. The predicted octanol–water partition coefficient (Wildman–Crippen LogP) is 2.67. The number of hydrogen-bond donors (Lipinski definition) is 1. The van der Waals surface area contributed by atoms with E-state index in [1.54, 1.807) is 0 Å². The normalized spacial score (nSPS) is 22.8. The number of thioether (sulfide) groups is 1. The Morgan fingerprint density at radius 2 is 2.24 bits per heavy atom. The topological polar surface area (TPSA) is 33.6 Å². The van der Waals surface area contributed by atoms with Gasteiger partial charge in [-0.05, 0) is 31.6 Å². The van der Waals surface area contributed by atoms with Crippen LogP contribution >= 0.6 is 11.8 Å². The first kappa shape index (κ1) is 13.2. The summed E-state index contributed by atoms with van der Waals surface area (Å²) in [5, 5.41) is 4.57. The van der Waals surface area contributed by atoms with Crippen molar-refractivity contribution in [1.29, 1.82) is 0 Å². The molecule has 4 heteroatoms. The Morgan fingerprint density at radius 1 is 1.41 bits per heavy atom. The van der Waals surface area contributed by atoms with Crippen LogP contribution in [-0.2, 0) is 4.74 Å². The van der Waals surface area contributed by atoms with Crippen molar-refractivity contribution in [3.05, 3.63) is 0 Å². The van der Waals surface area contributed by atoms with Crippen molar-refractivity contribution in [3.8, 4) is 0 Å². The van der Waals surface area contributed by atoms with Crippen LogP contribution < -0.4 is 5.32 Å². The maximum absolute atomic E-state index is 5.31. The standard InChI is InChI=1S/C13H24N2OS/c1-2-16-9-5-8-14-12-15-10-13(11-17-12)6-3-4-7-13/h2-11H2,1H3,(H,14,15). The fourth-order valence-electron chi connectivity index (χ4n) is 2.60. The summed E-state index contributed by atoms with van der Waals surface area (Å²) in [5.41, 5.74) is 0.557. The highest BCUT2D eigenvalue weighted by molar-refractivity contribution is 8.13. The van der Waals surface area contributed by atoms with E-state index in [1.807, 2.05) is 18.7 Å². The van der Waals surface area contributed by atoms with Crippen LogP contribution in [-0.4, -0.2) is 37.2 Å². The van der Waals surface area contributed by atoms with Gasteiger partial charge in [0.25, 0.3) is 0 Å². The van der Waals surface area contributed by atoms with Crippen molar-refractivity contribution in [3.63, 3.8) is 0 Å². The number of ether oxygens (including phenoxy) is 1. The first-order valence-corrected chi connectivity index (χ1v) is 7.82. The first-order valence-electron chi connectivity index (χ1n) is 6.83. The van der Waals surface area contributed by atoms with E-state index in [0.717, 1.165) is 37.9 Å². The van der Waals surface area contributed by atoms with Crippen molar-refractivity contribution in [2.24, 2.45) is 10.4 Å². The number of nitrogens with one attached hydrogen (secondary N) is 1. The van der Waals surface area contributed by atoms with E-state index in [9.17, 15) is 0 Å². The quantitative estimate of drug-likeness (QED) is 0.768. The van der Waals surface area contributed by atoms with Gasteiger partial charge < -0.3 is 10.1 Å². The van der Waals surface area contributed by atoms with E-state index >= 15 is 0 Å². The van der Waals surface area contributed by atoms with Gasteiger partial charge in [-0.1, -0.05) is 24.6 Å². The lowest BCUT2D eigenvalue weighted by Crippen LogP contribution is -2.34. The Bertz CT molecular complexity index is 262. The fraction of sp³-hybridized carbons (Fsp3) is 0.923. The Kier molecular flexibility index (Phi) is 5.16. The molecule has 0 aromatic heterocycles. The van der Waals surface area contributed by atoms with Gasteiger partial charge in [-0.25, -0.2) is 0 Å². The number of rotatable bonds is 5. The molecule has 2 aliphatic rings. The highest BCUT2D eigenvalue weighted by Crippen LogP contribution is 2.43. The van der Waals surface area contributed by atoms with E-state index in [1.165, 1.54) is 31.4 Å². The lowest BCUT2D eigenvalue weighted by Gasteiger charge is -2.31. The molecule has 0 aromatic carbocycles. The Morgan fingerprint density at radius 3 is 2.88 bits per heavy atom. The van der Waals surface area contributed by atoms with Crippen molar-refractivity contribution >= 4 is 16.9 Å². The minimum atomic E-state index is 0.557. The molecule has 1 heterocycles. The molecular formula is C13H24N2OS. The second kappa shape index (κ2) is 6.64. The summed E-state index contributed by atoms with van der Waals surface area (Å²) in [6.07, 6.45) is 6.67. The summed E-state index contributed by atoms with van der Waals surface area (Å²) in [7, 11) is 0. The molecule has 0 radical (unpaired) electrons. The third kappa shape index (κ3) is 3.88. The summed E-state index contributed by atoms with van der Waals surface area (Å²) in [6, 6.07) is 0. The van der Waals surface area contributed by atoms with Gasteiger partial charge in [-0.3, -0.25) is 4.99 Å². The lowest BCUT2D eigenvalue weighted by molar-refractivity contribution is 0.146. The molecule has 0 amide bonds. The summed E-state index contributed by atoms with van der Waals surface area (Å²) in [4.78, 5) is 4.71. The molecule has 1 fully saturated rings. The predicted molar refractivity (Wildman–Crippen MR) is 74.8 cm³/mol. The lowest BCUT2D eigenvalue weighted by atomic mass is 9.89. The van der Waals surface area contributed by atoms with Crippen molar-refractivity contribution in [2.45, 2.75) is 39.0 Å². The van der Waals surface area contributed by atoms with Gasteiger partial charge in [0.1, 0.15) is 0 Å². The van der Waals surface area contributed by atoms with E-state index in [2.05, 4.69) is 5.32 Å². The molecule has 1 N–H and O–H groups in total. The number of hydrogen-bond acceptors (Lipinski definition) is 4. The fourth-order valence-corrected chi connectivity index (χ4v) is 3.78. The number of aliphatic imine (C=N–C) groups is 1. The summed E-state index contributed by atoms with van der Waals surface area (Å²) >= 11 is 1.92. The Hall–Kier alpha value is -0.220. The zero-order valence-corrected chi connectivity index (χ0v) is 11.7. The molecule has 98 valence electrons. The SMILES string of the molecule is CCOCCCNC1=NCC2(CCCC2)CS1. The minimum Gasteiger partial charge on any atom is -0.382 e. The molecule has 17 heavy (non-hydrogen) atoms. The Labute approximate surface area is 109 Å². The van der Waals surface area contributed by atoms with Crippen molar-refractivity contribution < 1.29 is 4.74 Å². The maximum atomic E-state index is 5.31. The number of amidine groups is 1. The Balaban J connectivity index is 1.64. The molecule has 0 saturated heterocycles. The zero-order chi connectivity index (χ0) is 12.0. The van der Waals surface area contributed by atoms with E-state index in [-0.39, 0.29) is 0 Å². The monoisotopic (exact) mass is 256 g/mol. The summed E-state index contributed by atoms with van der Waals surface area (Å²) < 4.78 is 5.31. The molecule has 3 nitrogen and oxygen atoms in total. The van der Waals surface area contributed by atoms with E-state index in [0.29, 0.717) is 5.41 Å². The molecule has 0 atom stereocenters. The van der Waals surface area contributed by atoms with Crippen LogP contribution in [0.5, 0.6) is 0 Å². The average Bonchev–Trinajstić information content (AvgIpc) is 2.80. The zero-order valence-electron chi connectivity index (χ0n) is 10.8. The van der Waals surface area contributed by atoms with Gasteiger partial charge >= 0.3 is 0 Å². The minimum absolute atomic E-state index is 0.557. The third-order valence-corrected chi connectivity index (χ3v) is 4.99. The van der Waals surface area contributed by atoms with Crippen LogP contribution in [0.2, 0.25) is 0 Å². The summed E-state index contributed by atoms with van der Waals surface area (Å²) in [5.74, 6) is 1.27. The highest BCUT2D eigenvalue weighted by atomic mass is 32.2. The van der Waals surface area contributed by atoms with Crippen LogP contribution in [0.25, 0.3) is 0 Å². The molecule has 1 saturated carbocycles. The van der Waals surface area contributed by atoms with Gasteiger partial charge in [0.15, 0.2) is 5.17 Å². The van der Waals surface area contributed by atoms with E-state index in [4.69, 9.17) is 9.73 Å². The van der Waals surface area contributed by atoms with Gasteiger partial charge in [-0.15, -0.1) is 0 Å². The summed E-state index contributed by atoms with van der Waals surface area (Å²) in [6.45, 7) is 5.74. The average molecular weight is 256 g/mol. The third-order valence-electron chi connectivity index (χ3n) is 3.68. The van der Waals surface area contributed by atoms with Gasteiger partial charge in [0.05, 0.1) is 0 Å². The van der Waals surface area contributed by atoms with Crippen molar-refractivity contribution in [2.75, 3.05) is 32.1 Å². The largest absolute Gasteiger partial charge is 0.382 e. The first-order chi connectivity index (χ1) is 8.35. The number of nitrogens with zero attached hydrogens (tertiary/aromatic N) is 1. The van der Waals surface area contributed by atoms with Crippen LogP contribution in [0, 0.1) is 5.41 Å². The highest BCUT2D eigenvalue weighted by Gasteiger charge is 2.36. The second-order valence-corrected chi connectivity index (χ2v) is 6.06. The maximum Gasteiger partial charge on any atom is 0.156 e. The molecule has 1 aliphatic heterocycles. The second-order valence-electron chi connectivity index (χ2n) is 5.09. The van der Waals surface area contributed by atoms with Crippen molar-refractivity contribution in [1.82, 2.24) is 5.32 Å². The van der Waals surface area contributed by atoms with Crippen LogP contribution in [0.4, 0.5) is 0 Å². The van der Waals surface area contributed by atoms with Gasteiger partial charge in [0, 0.05) is 32.1 Å².